The molecule has 0 aliphatic heterocycles. The SMILES string of the molecule is N#[C][Fe-2]([Cl])([C]#N)([C]#N)([C]#N)[C]#N.[Co+2]. The van der Waals surface area contributed by atoms with Crippen LogP contribution in [0.5, 0.6) is 0 Å². The van der Waals surface area contributed by atoms with E-state index >= 15 is 0 Å². The van der Waals surface area contributed by atoms with Gasteiger partial charge in [0.1, 0.15) is 0 Å². The van der Waals surface area contributed by atoms with E-state index in [1.54, 1.807) is 0 Å². The van der Waals surface area contributed by atoms with Crippen LogP contribution in [0.4, 0.5) is 0 Å². The number of rotatable bonds is 0. The fourth-order valence-electron chi connectivity index (χ4n) is 0.177. The molecule has 5 nitrogen and oxygen atoms in total. The second-order valence-electron chi connectivity index (χ2n) is 1.61. The van der Waals surface area contributed by atoms with Crippen LogP contribution < -0.4 is 0 Å². The van der Waals surface area contributed by atoms with Crippen LogP contribution in [0.2, 0.25) is 0 Å². The first-order chi connectivity index (χ1) is 5.39. The van der Waals surface area contributed by atoms with Gasteiger partial charge in [-0.3, -0.25) is 0 Å². The van der Waals surface area contributed by atoms with E-state index in [1.807, 2.05) is 0 Å². The molecule has 8 heteroatoms. The van der Waals surface area contributed by atoms with Crippen LogP contribution in [0, 0.1) is 51.1 Å². The Kier molecular flexibility index (Phi) is 3.21. The van der Waals surface area contributed by atoms with Crippen LogP contribution >= 0.6 is 10.1 Å². The molecule has 0 unspecified atom stereocenters. The molecular weight excluding hydrogens is 280 g/mol. The van der Waals surface area contributed by atoms with Crippen molar-refractivity contribution in [2.45, 2.75) is 0 Å². The van der Waals surface area contributed by atoms with Gasteiger partial charge in [0.2, 0.25) is 0 Å². The molecule has 0 heterocycles. The van der Waals surface area contributed by atoms with E-state index in [0.29, 0.717) is 0 Å². The standard InChI is InChI=1S/5CN.ClH.Co.Fe/c5*1-2;;;/h;;;;;1H;;/q;;;;;;+2;-1/p-1. The molecule has 0 aromatic heterocycles. The minimum absolute atomic E-state index is 0. The summed E-state index contributed by atoms with van der Waals surface area (Å²) >= 11 is 0. The summed E-state index contributed by atoms with van der Waals surface area (Å²) in [5, 5.41) is 42.4. The van der Waals surface area contributed by atoms with Crippen molar-refractivity contribution in [3.05, 3.63) is 0 Å². The van der Waals surface area contributed by atoms with E-state index in [4.69, 9.17) is 36.4 Å². The quantitative estimate of drug-likeness (QED) is 0.607. The Morgan fingerprint density at radius 1 is 0.692 bits per heavy atom. The van der Waals surface area contributed by atoms with Gasteiger partial charge in [-0.2, -0.15) is 0 Å². The van der Waals surface area contributed by atoms with E-state index in [0.717, 1.165) is 24.8 Å². The molecule has 0 saturated carbocycles. The molecule has 0 atom stereocenters. The first-order valence-corrected chi connectivity index (χ1v) is 6.42. The molecule has 1 radical (unpaired) electrons. The second kappa shape index (κ2) is 2.92. The van der Waals surface area contributed by atoms with Crippen molar-refractivity contribution in [1.82, 2.24) is 0 Å². The molecule has 0 rings (SSSR count). The average Bonchev–Trinajstić information content (AvgIpc) is 2.19. The molecule has 0 aliphatic carbocycles. The first kappa shape index (κ1) is 14.3. The monoisotopic (exact) mass is 280 g/mol. The van der Waals surface area contributed by atoms with Crippen LogP contribution in [-0.2, 0) is 26.6 Å². The van der Waals surface area contributed by atoms with Gasteiger partial charge in [-0.25, -0.2) is 0 Å². The molecule has 0 N–H and O–H groups in total. The van der Waals surface area contributed by atoms with Gasteiger partial charge < -0.3 is 0 Å². The predicted octanol–water partition coefficient (Wildman–Crippen LogP) is 0.768. The van der Waals surface area contributed by atoms with Crippen molar-refractivity contribution >= 4 is 10.1 Å². The smallest absolute Gasteiger partial charge is 2.00 e. The third kappa shape index (κ3) is 1.46. The molecule has 0 fully saturated rings. The summed E-state index contributed by atoms with van der Waals surface area (Å²) in [4.78, 5) is 5.35. The third-order valence-corrected chi connectivity index (χ3v) is 5.11. The summed E-state index contributed by atoms with van der Waals surface area (Å²) in [5.74, 6) is 0. The molecule has 0 aromatic carbocycles. The van der Waals surface area contributed by atoms with Crippen molar-refractivity contribution in [3.63, 3.8) is 0 Å². The summed E-state index contributed by atoms with van der Waals surface area (Å²) in [6.07, 6.45) is 0. The molecular formula is C5ClCoFeN5. The fraction of sp³-hybridized carbons (Fsp3) is 0. The van der Waals surface area contributed by atoms with Crippen LogP contribution in [0.15, 0.2) is 0 Å². The number of halogens is 1. The van der Waals surface area contributed by atoms with Gasteiger partial charge in [0, 0.05) is 0 Å². The van der Waals surface area contributed by atoms with Crippen molar-refractivity contribution < 1.29 is 26.6 Å². The summed E-state index contributed by atoms with van der Waals surface area (Å²) < 4.78 is 0. The summed E-state index contributed by atoms with van der Waals surface area (Å²) in [6, 6.07) is 0. The number of nitrogens with zero attached hydrogens (tertiary/aromatic N) is 5. The van der Waals surface area contributed by atoms with Gasteiger partial charge in [-0.05, 0) is 0 Å². The molecule has 0 spiro atoms. The molecule has 69 valence electrons. The van der Waals surface area contributed by atoms with Crippen molar-refractivity contribution in [2.24, 2.45) is 0 Å². The van der Waals surface area contributed by atoms with Gasteiger partial charge in [0.05, 0.1) is 0 Å². The van der Waals surface area contributed by atoms with Crippen LogP contribution in [0.3, 0.4) is 0 Å². The molecule has 0 saturated heterocycles. The second-order valence-corrected chi connectivity index (χ2v) is 9.41. The van der Waals surface area contributed by atoms with Crippen LogP contribution in [0.1, 0.15) is 0 Å². The van der Waals surface area contributed by atoms with Crippen LogP contribution in [0.25, 0.3) is 0 Å². The van der Waals surface area contributed by atoms with E-state index in [1.165, 1.54) is 0 Å². The first-order valence-electron chi connectivity index (χ1n) is 2.14. The Morgan fingerprint density at radius 2 is 0.846 bits per heavy atom. The fourth-order valence-corrected chi connectivity index (χ4v) is 0.729. The Hall–Kier alpha value is -1.23. The van der Waals surface area contributed by atoms with Gasteiger partial charge in [0.15, 0.2) is 0 Å². The minimum atomic E-state index is -5.96. The Labute approximate surface area is 87.7 Å². The number of hydrogen-bond acceptors (Lipinski definition) is 5. The summed E-state index contributed by atoms with van der Waals surface area (Å²) in [5.41, 5.74) is 0. The molecule has 0 aliphatic rings. The van der Waals surface area contributed by atoms with E-state index < -0.39 is 9.82 Å². The van der Waals surface area contributed by atoms with Crippen molar-refractivity contribution in [3.8, 4) is 24.8 Å². The molecule has 0 aromatic rings. The van der Waals surface area contributed by atoms with Crippen molar-refractivity contribution in [1.29, 1.82) is 26.3 Å². The maximum absolute atomic E-state index is 8.48. The van der Waals surface area contributed by atoms with E-state index in [2.05, 4.69) is 0 Å². The Balaban J connectivity index is 0. The predicted molar refractivity (Wildman–Crippen MR) is 33.9 cm³/mol. The third-order valence-electron chi connectivity index (χ3n) is 0.940. The zero-order valence-electron chi connectivity index (χ0n) is 5.80. The van der Waals surface area contributed by atoms with Gasteiger partial charge in [0.25, 0.3) is 0 Å². The Bertz CT molecular complexity index is 357. The van der Waals surface area contributed by atoms with E-state index in [-0.39, 0.29) is 16.8 Å². The maximum atomic E-state index is 8.48. The zero-order chi connectivity index (χ0) is 9.94. The number of hydrogen-bond donors (Lipinski definition) is 0. The van der Waals surface area contributed by atoms with Gasteiger partial charge >= 0.3 is 87.8 Å². The maximum Gasteiger partial charge on any atom is 2.00 e. The summed E-state index contributed by atoms with van der Waals surface area (Å²) in [7, 11) is -0.640. The Morgan fingerprint density at radius 3 is 0.846 bits per heavy atom. The largest absolute Gasteiger partial charge is 2.00 e. The molecule has 0 amide bonds. The minimum Gasteiger partial charge on any atom is 2.00 e. The average molecular weight is 280 g/mol. The van der Waals surface area contributed by atoms with Crippen LogP contribution in [-0.4, -0.2) is 0 Å². The van der Waals surface area contributed by atoms with Gasteiger partial charge in [-0.15, -0.1) is 0 Å². The normalized spacial score (nSPS) is 13.2. The summed E-state index contributed by atoms with van der Waals surface area (Å²) in [6.45, 7) is 0. The van der Waals surface area contributed by atoms with Crippen molar-refractivity contribution in [2.75, 3.05) is 0 Å². The molecule has 13 heavy (non-hydrogen) atoms. The van der Waals surface area contributed by atoms with Gasteiger partial charge in [-0.1, -0.05) is 0 Å². The van der Waals surface area contributed by atoms with E-state index in [9.17, 15) is 0 Å². The zero-order valence-corrected chi connectivity index (χ0v) is 8.70. The number of nitriles is 5. The molecule has 0 bridgehead atoms. The topological polar surface area (TPSA) is 119 Å².